The van der Waals surface area contributed by atoms with Crippen molar-refractivity contribution in [3.05, 3.63) is 23.8 Å². The monoisotopic (exact) mass is 181 g/mol. The average molecular weight is 181 g/mol. The van der Waals surface area contributed by atoms with E-state index in [1.807, 2.05) is 32.0 Å². The Balaban J connectivity index is 2.56. The van der Waals surface area contributed by atoms with Crippen molar-refractivity contribution in [2.24, 2.45) is 0 Å². The minimum absolute atomic E-state index is 0.293. The van der Waals surface area contributed by atoms with Gasteiger partial charge in [0.15, 0.2) is 6.79 Å². The zero-order chi connectivity index (χ0) is 9.68. The first-order valence-electron chi connectivity index (χ1n) is 4.30. The molecule has 0 aliphatic rings. The van der Waals surface area contributed by atoms with E-state index in [-0.39, 0.29) is 0 Å². The van der Waals surface area contributed by atoms with Crippen molar-refractivity contribution in [1.29, 1.82) is 0 Å². The zero-order valence-electron chi connectivity index (χ0n) is 8.04. The van der Waals surface area contributed by atoms with Gasteiger partial charge >= 0.3 is 0 Å². The van der Waals surface area contributed by atoms with Crippen LogP contribution in [0.15, 0.2) is 18.2 Å². The van der Waals surface area contributed by atoms with E-state index in [1.165, 1.54) is 0 Å². The molecule has 0 atom stereocenters. The Morgan fingerprint density at radius 3 is 2.77 bits per heavy atom. The van der Waals surface area contributed by atoms with E-state index in [0.717, 1.165) is 17.0 Å². The number of hydrogen-bond donors (Lipinski definition) is 1. The Labute approximate surface area is 78.5 Å². The second-order valence-corrected chi connectivity index (χ2v) is 2.78. The molecule has 3 nitrogen and oxygen atoms in total. The Hall–Kier alpha value is -1.22. The van der Waals surface area contributed by atoms with Crippen molar-refractivity contribution in [3.8, 4) is 5.75 Å². The summed E-state index contributed by atoms with van der Waals surface area (Å²) >= 11 is 0. The summed E-state index contributed by atoms with van der Waals surface area (Å²) in [5, 5.41) is 0. The van der Waals surface area contributed by atoms with Gasteiger partial charge in [0.1, 0.15) is 5.75 Å². The predicted octanol–water partition coefficient (Wildman–Crippen LogP) is 1.95. The molecule has 0 aromatic heterocycles. The molecule has 0 unspecified atom stereocenters. The second-order valence-electron chi connectivity index (χ2n) is 2.78. The van der Waals surface area contributed by atoms with Crippen LogP contribution in [0.5, 0.6) is 5.75 Å². The third-order valence-corrected chi connectivity index (χ3v) is 1.70. The van der Waals surface area contributed by atoms with Crippen molar-refractivity contribution < 1.29 is 9.47 Å². The van der Waals surface area contributed by atoms with Crippen LogP contribution in [-0.4, -0.2) is 13.4 Å². The van der Waals surface area contributed by atoms with Crippen LogP contribution in [0.25, 0.3) is 0 Å². The van der Waals surface area contributed by atoms with E-state index >= 15 is 0 Å². The molecule has 0 heterocycles. The number of rotatable bonds is 4. The lowest BCUT2D eigenvalue weighted by Crippen LogP contribution is -2.03. The fraction of sp³-hybridized carbons (Fsp3) is 0.400. The Kier molecular flexibility index (Phi) is 3.58. The molecule has 0 spiro atoms. The van der Waals surface area contributed by atoms with Crippen LogP contribution in [0.3, 0.4) is 0 Å². The Bertz CT molecular complexity index is 274. The molecular formula is C10H15NO2. The van der Waals surface area contributed by atoms with Gasteiger partial charge in [-0.05, 0) is 37.6 Å². The first-order valence-corrected chi connectivity index (χ1v) is 4.30. The summed E-state index contributed by atoms with van der Waals surface area (Å²) in [5.41, 5.74) is 7.37. The van der Waals surface area contributed by atoms with Gasteiger partial charge in [-0.15, -0.1) is 0 Å². The third-order valence-electron chi connectivity index (χ3n) is 1.70. The molecule has 0 radical (unpaired) electrons. The fourth-order valence-corrected chi connectivity index (χ4v) is 1.02. The van der Waals surface area contributed by atoms with Gasteiger partial charge in [0.25, 0.3) is 0 Å². The van der Waals surface area contributed by atoms with E-state index in [9.17, 15) is 0 Å². The van der Waals surface area contributed by atoms with E-state index in [4.69, 9.17) is 15.2 Å². The first kappa shape index (κ1) is 9.86. The predicted molar refractivity (Wildman–Crippen MR) is 52.7 cm³/mol. The van der Waals surface area contributed by atoms with Gasteiger partial charge in [-0.25, -0.2) is 0 Å². The van der Waals surface area contributed by atoms with Crippen LogP contribution < -0.4 is 10.5 Å². The van der Waals surface area contributed by atoms with E-state index < -0.39 is 0 Å². The van der Waals surface area contributed by atoms with E-state index in [0.29, 0.717) is 13.4 Å². The Morgan fingerprint density at radius 1 is 1.38 bits per heavy atom. The summed E-state index contributed by atoms with van der Waals surface area (Å²) in [6, 6.07) is 5.54. The fourth-order valence-electron chi connectivity index (χ4n) is 1.02. The van der Waals surface area contributed by atoms with E-state index in [2.05, 4.69) is 0 Å². The van der Waals surface area contributed by atoms with Crippen molar-refractivity contribution in [2.45, 2.75) is 13.8 Å². The number of anilines is 1. The lowest BCUT2D eigenvalue weighted by molar-refractivity contribution is 0.0220. The van der Waals surface area contributed by atoms with Crippen LogP contribution in [0, 0.1) is 6.92 Å². The molecule has 1 rings (SSSR count). The Morgan fingerprint density at radius 2 is 2.15 bits per heavy atom. The van der Waals surface area contributed by atoms with Crippen molar-refractivity contribution in [3.63, 3.8) is 0 Å². The quantitative estimate of drug-likeness (QED) is 0.438. The van der Waals surface area contributed by atoms with Gasteiger partial charge in [0, 0.05) is 12.3 Å². The molecule has 0 saturated carbocycles. The highest BCUT2D eigenvalue weighted by Crippen LogP contribution is 2.19. The maximum atomic E-state index is 5.60. The number of nitrogen functional groups attached to an aromatic ring is 1. The van der Waals surface area contributed by atoms with Crippen LogP contribution in [-0.2, 0) is 4.74 Å². The van der Waals surface area contributed by atoms with Crippen LogP contribution in [0.2, 0.25) is 0 Å². The summed E-state index contributed by atoms with van der Waals surface area (Å²) in [4.78, 5) is 0. The molecule has 0 saturated heterocycles. The SMILES string of the molecule is CCOCOc1ccc(N)cc1C. The molecule has 72 valence electrons. The smallest absolute Gasteiger partial charge is 0.189 e. The number of nitrogens with two attached hydrogens (primary N) is 1. The van der Waals surface area contributed by atoms with E-state index in [1.54, 1.807) is 0 Å². The van der Waals surface area contributed by atoms with Gasteiger partial charge in [0.05, 0.1) is 0 Å². The van der Waals surface area contributed by atoms with Crippen LogP contribution in [0.4, 0.5) is 5.69 Å². The lowest BCUT2D eigenvalue weighted by atomic mass is 10.2. The number of ether oxygens (including phenoxy) is 2. The van der Waals surface area contributed by atoms with Crippen LogP contribution >= 0.6 is 0 Å². The number of hydrogen-bond acceptors (Lipinski definition) is 3. The van der Waals surface area contributed by atoms with Gasteiger partial charge in [0.2, 0.25) is 0 Å². The minimum Gasteiger partial charge on any atom is -0.467 e. The third kappa shape index (κ3) is 2.95. The van der Waals surface area contributed by atoms with Crippen molar-refractivity contribution >= 4 is 5.69 Å². The molecular weight excluding hydrogens is 166 g/mol. The zero-order valence-corrected chi connectivity index (χ0v) is 8.04. The lowest BCUT2D eigenvalue weighted by Gasteiger charge is -2.08. The topological polar surface area (TPSA) is 44.5 Å². The second kappa shape index (κ2) is 4.72. The summed E-state index contributed by atoms with van der Waals surface area (Å²) in [6.45, 7) is 4.84. The van der Waals surface area contributed by atoms with Gasteiger partial charge < -0.3 is 15.2 Å². The molecule has 2 N–H and O–H groups in total. The molecule has 1 aromatic carbocycles. The summed E-state index contributed by atoms with van der Waals surface area (Å²) in [5.74, 6) is 0.822. The molecule has 0 aliphatic heterocycles. The highest BCUT2D eigenvalue weighted by Gasteiger charge is 1.98. The van der Waals surface area contributed by atoms with Crippen LogP contribution in [0.1, 0.15) is 12.5 Å². The normalized spacial score (nSPS) is 10.0. The molecule has 0 aliphatic carbocycles. The summed E-state index contributed by atoms with van der Waals surface area (Å²) in [7, 11) is 0. The molecule has 13 heavy (non-hydrogen) atoms. The summed E-state index contributed by atoms with van der Waals surface area (Å²) < 4.78 is 10.4. The largest absolute Gasteiger partial charge is 0.467 e. The highest BCUT2D eigenvalue weighted by atomic mass is 16.7. The van der Waals surface area contributed by atoms with Gasteiger partial charge in [-0.1, -0.05) is 0 Å². The highest BCUT2D eigenvalue weighted by molar-refractivity contribution is 5.47. The maximum Gasteiger partial charge on any atom is 0.189 e. The van der Waals surface area contributed by atoms with Gasteiger partial charge in [-0.2, -0.15) is 0 Å². The molecule has 0 amide bonds. The first-order chi connectivity index (χ1) is 6.24. The minimum atomic E-state index is 0.293. The molecule has 3 heteroatoms. The molecule has 0 fully saturated rings. The van der Waals surface area contributed by atoms with Crippen molar-refractivity contribution in [1.82, 2.24) is 0 Å². The standard InChI is InChI=1S/C10H15NO2/c1-3-12-7-13-10-5-4-9(11)6-8(10)2/h4-6H,3,7,11H2,1-2H3. The van der Waals surface area contributed by atoms with Gasteiger partial charge in [-0.3, -0.25) is 0 Å². The summed E-state index contributed by atoms with van der Waals surface area (Å²) in [6.07, 6.45) is 0. The average Bonchev–Trinajstić information content (AvgIpc) is 2.09. The van der Waals surface area contributed by atoms with Crippen molar-refractivity contribution in [2.75, 3.05) is 19.1 Å². The maximum absolute atomic E-state index is 5.60. The molecule has 0 bridgehead atoms. The number of aryl methyl sites for hydroxylation is 1. The number of benzene rings is 1. The molecule has 1 aromatic rings.